The monoisotopic (exact) mass is 232 g/mol. The first-order valence-electron chi connectivity index (χ1n) is 4.59. The Kier molecular flexibility index (Phi) is 3.64. The van der Waals surface area contributed by atoms with Gasteiger partial charge in [-0.3, -0.25) is 0 Å². The van der Waals surface area contributed by atoms with Gasteiger partial charge < -0.3 is 15.2 Å². The van der Waals surface area contributed by atoms with Crippen molar-refractivity contribution in [3.05, 3.63) is 17.8 Å². The molecule has 16 heavy (non-hydrogen) atoms. The fraction of sp³-hybridized carbons (Fsp3) is 0.500. The highest BCUT2D eigenvalue weighted by molar-refractivity contribution is 5.45. The molecular formula is C10H14F2N2O2. The topological polar surface area (TPSA) is 57.4 Å². The van der Waals surface area contributed by atoms with Gasteiger partial charge in [0.2, 0.25) is 5.88 Å². The molecule has 0 aliphatic carbocycles. The Bertz CT molecular complexity index is 348. The van der Waals surface area contributed by atoms with Crippen LogP contribution in [0.2, 0.25) is 0 Å². The third-order valence-electron chi connectivity index (χ3n) is 2.28. The molecule has 0 saturated carbocycles. The van der Waals surface area contributed by atoms with Crippen molar-refractivity contribution >= 4 is 0 Å². The second-order valence-corrected chi connectivity index (χ2v) is 3.48. The summed E-state index contributed by atoms with van der Waals surface area (Å²) in [4.78, 5) is 3.84. The van der Waals surface area contributed by atoms with E-state index in [1.54, 1.807) is 0 Å². The first-order chi connectivity index (χ1) is 7.45. The summed E-state index contributed by atoms with van der Waals surface area (Å²) >= 11 is 0. The molecule has 1 rings (SSSR count). The Balaban J connectivity index is 3.39. The number of hydrogen-bond acceptors (Lipinski definition) is 4. The summed E-state index contributed by atoms with van der Waals surface area (Å²) in [5.41, 5.74) is 3.78. The van der Waals surface area contributed by atoms with E-state index in [0.29, 0.717) is 0 Å². The molecule has 0 aliphatic rings. The van der Waals surface area contributed by atoms with Crippen LogP contribution in [0.4, 0.5) is 8.78 Å². The SMILES string of the molecule is COc1ccnc(OC)c1C(C)(N)C(F)F. The van der Waals surface area contributed by atoms with Crippen molar-refractivity contribution in [2.24, 2.45) is 5.73 Å². The summed E-state index contributed by atoms with van der Waals surface area (Å²) in [6.07, 6.45) is -1.34. The summed E-state index contributed by atoms with van der Waals surface area (Å²) in [6.45, 7) is 1.21. The van der Waals surface area contributed by atoms with Gasteiger partial charge in [-0.05, 0) is 13.0 Å². The van der Waals surface area contributed by atoms with Gasteiger partial charge in [0.05, 0.1) is 19.8 Å². The lowest BCUT2D eigenvalue weighted by atomic mass is 9.93. The minimum Gasteiger partial charge on any atom is -0.496 e. The lowest BCUT2D eigenvalue weighted by molar-refractivity contribution is 0.0591. The molecular weight excluding hydrogens is 218 g/mol. The zero-order valence-corrected chi connectivity index (χ0v) is 9.33. The molecule has 0 amide bonds. The Morgan fingerprint density at radius 2 is 2.00 bits per heavy atom. The van der Waals surface area contributed by atoms with E-state index in [2.05, 4.69) is 4.98 Å². The van der Waals surface area contributed by atoms with Gasteiger partial charge in [0, 0.05) is 6.20 Å². The van der Waals surface area contributed by atoms with Gasteiger partial charge in [-0.15, -0.1) is 0 Å². The third-order valence-corrected chi connectivity index (χ3v) is 2.28. The summed E-state index contributed by atoms with van der Waals surface area (Å²) < 4.78 is 35.6. The van der Waals surface area contributed by atoms with E-state index in [1.165, 1.54) is 33.4 Å². The molecule has 0 fully saturated rings. The van der Waals surface area contributed by atoms with Crippen LogP contribution < -0.4 is 15.2 Å². The van der Waals surface area contributed by atoms with Gasteiger partial charge in [0.15, 0.2) is 0 Å². The molecule has 2 N–H and O–H groups in total. The molecule has 0 aliphatic heterocycles. The molecule has 0 radical (unpaired) electrons. The predicted octanol–water partition coefficient (Wildman–Crippen LogP) is 1.54. The number of hydrogen-bond donors (Lipinski definition) is 1. The molecule has 1 aromatic heterocycles. The number of ether oxygens (including phenoxy) is 2. The average molecular weight is 232 g/mol. The van der Waals surface area contributed by atoms with Crippen LogP contribution >= 0.6 is 0 Å². The molecule has 90 valence electrons. The van der Waals surface area contributed by atoms with Crippen LogP contribution in [0.25, 0.3) is 0 Å². The van der Waals surface area contributed by atoms with Crippen LogP contribution in [0.5, 0.6) is 11.6 Å². The normalized spacial score (nSPS) is 14.7. The van der Waals surface area contributed by atoms with Crippen molar-refractivity contribution < 1.29 is 18.3 Å². The lowest BCUT2D eigenvalue weighted by Crippen LogP contribution is -2.41. The number of halogens is 2. The minimum atomic E-state index is -2.75. The first-order valence-corrected chi connectivity index (χ1v) is 4.59. The van der Waals surface area contributed by atoms with Gasteiger partial charge in [-0.2, -0.15) is 0 Å². The number of rotatable bonds is 4. The maximum Gasteiger partial charge on any atom is 0.260 e. The molecule has 1 atom stereocenters. The molecule has 1 aromatic rings. The van der Waals surface area contributed by atoms with Crippen LogP contribution in [0.1, 0.15) is 12.5 Å². The van der Waals surface area contributed by atoms with Crippen molar-refractivity contribution in [1.29, 1.82) is 0 Å². The van der Waals surface area contributed by atoms with E-state index in [4.69, 9.17) is 15.2 Å². The van der Waals surface area contributed by atoms with E-state index in [9.17, 15) is 8.78 Å². The van der Waals surface area contributed by atoms with Crippen LogP contribution in [0.15, 0.2) is 12.3 Å². The van der Waals surface area contributed by atoms with Crippen molar-refractivity contribution in [2.75, 3.05) is 14.2 Å². The summed E-state index contributed by atoms with van der Waals surface area (Å²) in [5, 5.41) is 0. The molecule has 0 saturated heterocycles. The van der Waals surface area contributed by atoms with Crippen molar-refractivity contribution in [1.82, 2.24) is 4.98 Å². The summed E-state index contributed by atoms with van der Waals surface area (Å²) in [7, 11) is 2.71. The predicted molar refractivity (Wildman–Crippen MR) is 54.9 cm³/mol. The number of alkyl halides is 2. The molecule has 1 heterocycles. The van der Waals surface area contributed by atoms with E-state index in [1.807, 2.05) is 0 Å². The Hall–Kier alpha value is -1.43. The van der Waals surface area contributed by atoms with Crippen molar-refractivity contribution in [2.45, 2.75) is 18.9 Å². The Morgan fingerprint density at radius 3 is 2.44 bits per heavy atom. The molecule has 4 nitrogen and oxygen atoms in total. The fourth-order valence-corrected chi connectivity index (χ4v) is 1.36. The number of methoxy groups -OCH3 is 2. The highest BCUT2D eigenvalue weighted by atomic mass is 19.3. The zero-order chi connectivity index (χ0) is 12.3. The molecule has 0 aromatic carbocycles. The fourth-order valence-electron chi connectivity index (χ4n) is 1.36. The number of pyridine rings is 1. The smallest absolute Gasteiger partial charge is 0.260 e. The van der Waals surface area contributed by atoms with Gasteiger partial charge in [0.25, 0.3) is 6.43 Å². The van der Waals surface area contributed by atoms with E-state index in [0.717, 1.165) is 0 Å². The van der Waals surface area contributed by atoms with Crippen LogP contribution in [0, 0.1) is 0 Å². The molecule has 0 spiro atoms. The average Bonchev–Trinajstić information content (AvgIpc) is 2.27. The number of nitrogens with two attached hydrogens (primary N) is 1. The van der Waals surface area contributed by atoms with Crippen molar-refractivity contribution in [3.63, 3.8) is 0 Å². The second kappa shape index (κ2) is 4.61. The zero-order valence-electron chi connectivity index (χ0n) is 9.33. The van der Waals surface area contributed by atoms with Gasteiger partial charge in [0.1, 0.15) is 11.3 Å². The minimum absolute atomic E-state index is 0.0460. The third kappa shape index (κ3) is 2.06. The number of nitrogens with zero attached hydrogens (tertiary/aromatic N) is 1. The first kappa shape index (κ1) is 12.6. The summed E-state index contributed by atoms with van der Waals surface area (Å²) in [5.74, 6) is 0.279. The molecule has 1 unspecified atom stereocenters. The maximum absolute atomic E-state index is 12.9. The highest BCUT2D eigenvalue weighted by Crippen LogP contribution is 2.37. The van der Waals surface area contributed by atoms with Crippen molar-refractivity contribution in [3.8, 4) is 11.6 Å². The largest absolute Gasteiger partial charge is 0.496 e. The standard InChI is InChI=1S/C10H14F2N2O2/c1-10(13,9(11)12)7-6(15-2)4-5-14-8(7)16-3/h4-5,9H,13H2,1-3H3. The van der Waals surface area contributed by atoms with Gasteiger partial charge in [-0.1, -0.05) is 0 Å². The van der Waals surface area contributed by atoms with Crippen LogP contribution in [-0.2, 0) is 5.54 Å². The maximum atomic E-state index is 12.9. The second-order valence-electron chi connectivity index (χ2n) is 3.48. The molecule has 6 heteroatoms. The van der Waals surface area contributed by atoms with Gasteiger partial charge >= 0.3 is 0 Å². The summed E-state index contributed by atoms with van der Waals surface area (Å²) in [6, 6.07) is 1.46. The van der Waals surface area contributed by atoms with E-state index < -0.39 is 12.0 Å². The van der Waals surface area contributed by atoms with E-state index in [-0.39, 0.29) is 17.2 Å². The van der Waals surface area contributed by atoms with Gasteiger partial charge in [-0.25, -0.2) is 13.8 Å². The van der Waals surface area contributed by atoms with Crippen LogP contribution in [-0.4, -0.2) is 25.6 Å². The lowest BCUT2D eigenvalue weighted by Gasteiger charge is -2.26. The highest BCUT2D eigenvalue weighted by Gasteiger charge is 2.38. The Morgan fingerprint density at radius 1 is 1.38 bits per heavy atom. The molecule has 0 bridgehead atoms. The van der Waals surface area contributed by atoms with Crippen LogP contribution in [0.3, 0.4) is 0 Å². The Labute approximate surface area is 92.4 Å². The van der Waals surface area contributed by atoms with E-state index >= 15 is 0 Å². The quantitative estimate of drug-likeness (QED) is 0.855. The number of aromatic nitrogens is 1.